The van der Waals surface area contributed by atoms with E-state index in [9.17, 15) is 4.79 Å². The second-order valence-corrected chi connectivity index (χ2v) is 6.69. The molecule has 1 fully saturated rings. The normalized spacial score (nSPS) is 17.1. The van der Waals surface area contributed by atoms with E-state index in [0.717, 1.165) is 6.54 Å². The SMILES string of the molecule is CC(C)CC1(CNc2ncc(N)cc2C(N)=O)CCCC1. The van der Waals surface area contributed by atoms with Crippen molar-refractivity contribution < 1.29 is 4.79 Å². The van der Waals surface area contributed by atoms with Gasteiger partial charge in [-0.15, -0.1) is 0 Å². The average molecular weight is 290 g/mol. The number of nitrogens with one attached hydrogen (secondary N) is 1. The molecule has 0 bridgehead atoms. The molecular formula is C16H26N4O. The number of carbonyl (C=O) groups is 1. The lowest BCUT2D eigenvalue weighted by Gasteiger charge is -2.31. The van der Waals surface area contributed by atoms with Crippen LogP contribution in [0.25, 0.3) is 0 Å². The minimum absolute atomic E-state index is 0.312. The first-order chi connectivity index (χ1) is 9.92. The lowest BCUT2D eigenvalue weighted by Crippen LogP contribution is -2.29. The summed E-state index contributed by atoms with van der Waals surface area (Å²) >= 11 is 0. The molecule has 1 aliphatic carbocycles. The van der Waals surface area contributed by atoms with Crippen LogP contribution in [0.2, 0.25) is 0 Å². The zero-order valence-corrected chi connectivity index (χ0v) is 13.0. The van der Waals surface area contributed by atoms with Gasteiger partial charge in [0.15, 0.2) is 0 Å². The Hall–Kier alpha value is -1.78. The lowest BCUT2D eigenvalue weighted by molar-refractivity contribution is 0.100. The van der Waals surface area contributed by atoms with Gasteiger partial charge in [-0.3, -0.25) is 4.79 Å². The third-order valence-corrected chi connectivity index (χ3v) is 4.31. The molecule has 1 saturated carbocycles. The van der Waals surface area contributed by atoms with E-state index in [1.54, 1.807) is 12.3 Å². The average Bonchev–Trinajstić information content (AvgIpc) is 2.85. The van der Waals surface area contributed by atoms with E-state index in [0.29, 0.717) is 28.4 Å². The molecule has 5 N–H and O–H groups in total. The number of amides is 1. The van der Waals surface area contributed by atoms with Crippen LogP contribution in [-0.2, 0) is 0 Å². The van der Waals surface area contributed by atoms with E-state index >= 15 is 0 Å². The van der Waals surface area contributed by atoms with Crippen LogP contribution in [0.1, 0.15) is 56.3 Å². The highest BCUT2D eigenvalue weighted by atomic mass is 16.1. The van der Waals surface area contributed by atoms with Crippen LogP contribution in [0.5, 0.6) is 0 Å². The van der Waals surface area contributed by atoms with Gasteiger partial charge in [0.25, 0.3) is 5.91 Å². The largest absolute Gasteiger partial charge is 0.397 e. The monoisotopic (exact) mass is 290 g/mol. The minimum atomic E-state index is -0.498. The van der Waals surface area contributed by atoms with Crippen molar-refractivity contribution in [3.05, 3.63) is 17.8 Å². The second-order valence-electron chi connectivity index (χ2n) is 6.69. The Kier molecular flexibility index (Phi) is 4.70. The molecule has 1 aromatic rings. The van der Waals surface area contributed by atoms with Crippen molar-refractivity contribution in [3.63, 3.8) is 0 Å². The number of pyridine rings is 1. The van der Waals surface area contributed by atoms with Crippen LogP contribution in [0.3, 0.4) is 0 Å². The highest BCUT2D eigenvalue weighted by molar-refractivity contribution is 5.98. The van der Waals surface area contributed by atoms with Crippen LogP contribution < -0.4 is 16.8 Å². The van der Waals surface area contributed by atoms with Crippen molar-refractivity contribution in [1.29, 1.82) is 0 Å². The van der Waals surface area contributed by atoms with Crippen molar-refractivity contribution in [2.45, 2.75) is 46.0 Å². The van der Waals surface area contributed by atoms with Crippen LogP contribution in [0.15, 0.2) is 12.3 Å². The molecule has 5 heteroatoms. The molecule has 1 aliphatic rings. The summed E-state index contributed by atoms with van der Waals surface area (Å²) in [6.45, 7) is 5.36. The van der Waals surface area contributed by atoms with Gasteiger partial charge in [0.2, 0.25) is 0 Å². The Labute approximate surface area is 126 Å². The molecule has 2 rings (SSSR count). The summed E-state index contributed by atoms with van der Waals surface area (Å²) in [5.74, 6) is 0.716. The smallest absolute Gasteiger partial charge is 0.252 e. The molecule has 116 valence electrons. The lowest BCUT2D eigenvalue weighted by atomic mass is 9.78. The Morgan fingerprint density at radius 1 is 1.43 bits per heavy atom. The molecule has 5 nitrogen and oxygen atoms in total. The molecule has 1 amide bonds. The number of primary amides is 1. The first-order valence-corrected chi connectivity index (χ1v) is 7.71. The highest BCUT2D eigenvalue weighted by Gasteiger charge is 2.34. The van der Waals surface area contributed by atoms with Crippen molar-refractivity contribution in [1.82, 2.24) is 4.98 Å². The van der Waals surface area contributed by atoms with Gasteiger partial charge in [-0.25, -0.2) is 4.98 Å². The maximum absolute atomic E-state index is 11.5. The van der Waals surface area contributed by atoms with Gasteiger partial charge in [0.1, 0.15) is 5.82 Å². The number of nitrogens with zero attached hydrogens (tertiary/aromatic N) is 1. The Balaban J connectivity index is 2.12. The Bertz CT molecular complexity index is 507. The van der Waals surface area contributed by atoms with Crippen molar-refractivity contribution in [3.8, 4) is 0 Å². The molecule has 21 heavy (non-hydrogen) atoms. The fourth-order valence-corrected chi connectivity index (χ4v) is 3.52. The number of anilines is 2. The second kappa shape index (κ2) is 6.33. The molecule has 0 atom stereocenters. The molecule has 0 spiro atoms. The summed E-state index contributed by atoms with van der Waals surface area (Å²) in [5, 5.41) is 3.34. The molecule has 1 aromatic heterocycles. The summed E-state index contributed by atoms with van der Waals surface area (Å²) in [5.41, 5.74) is 12.2. The molecule has 0 aromatic carbocycles. The summed E-state index contributed by atoms with van der Waals surface area (Å²) in [4.78, 5) is 15.7. The molecule has 0 aliphatic heterocycles. The van der Waals surface area contributed by atoms with E-state index in [1.165, 1.54) is 32.1 Å². The fraction of sp³-hybridized carbons (Fsp3) is 0.625. The van der Waals surface area contributed by atoms with E-state index in [4.69, 9.17) is 11.5 Å². The van der Waals surface area contributed by atoms with Crippen LogP contribution in [0.4, 0.5) is 11.5 Å². The number of aromatic nitrogens is 1. The van der Waals surface area contributed by atoms with E-state index in [-0.39, 0.29) is 0 Å². The third kappa shape index (κ3) is 3.86. The standard InChI is InChI=1S/C16H26N4O/c1-11(2)8-16(5-3-4-6-16)10-20-15-13(14(18)21)7-12(17)9-19-15/h7,9,11H,3-6,8,10,17H2,1-2H3,(H2,18,21)(H,19,20). The maximum atomic E-state index is 11.5. The number of nitrogen functional groups attached to an aromatic ring is 1. The number of nitrogens with two attached hydrogens (primary N) is 2. The predicted octanol–water partition coefficient (Wildman–Crippen LogP) is 2.78. The van der Waals surface area contributed by atoms with Gasteiger partial charge in [-0.05, 0) is 36.7 Å². The van der Waals surface area contributed by atoms with Gasteiger partial charge in [0.05, 0.1) is 17.4 Å². The predicted molar refractivity (Wildman–Crippen MR) is 86.0 cm³/mol. The quantitative estimate of drug-likeness (QED) is 0.751. The van der Waals surface area contributed by atoms with Crippen molar-refractivity contribution >= 4 is 17.4 Å². The number of hydrogen-bond donors (Lipinski definition) is 3. The Morgan fingerprint density at radius 3 is 2.67 bits per heavy atom. The van der Waals surface area contributed by atoms with Crippen molar-refractivity contribution in [2.75, 3.05) is 17.6 Å². The first kappa shape index (κ1) is 15.6. The summed E-state index contributed by atoms with van der Waals surface area (Å²) < 4.78 is 0. The van der Waals surface area contributed by atoms with Crippen LogP contribution >= 0.6 is 0 Å². The van der Waals surface area contributed by atoms with Gasteiger partial charge in [-0.1, -0.05) is 26.7 Å². The zero-order valence-electron chi connectivity index (χ0n) is 13.0. The fourth-order valence-electron chi connectivity index (χ4n) is 3.52. The molecule has 0 unspecified atom stereocenters. The molecule has 0 saturated heterocycles. The van der Waals surface area contributed by atoms with Gasteiger partial charge < -0.3 is 16.8 Å². The van der Waals surface area contributed by atoms with Crippen molar-refractivity contribution in [2.24, 2.45) is 17.1 Å². The third-order valence-electron chi connectivity index (χ3n) is 4.31. The highest BCUT2D eigenvalue weighted by Crippen LogP contribution is 2.43. The van der Waals surface area contributed by atoms with E-state index in [2.05, 4.69) is 24.1 Å². The maximum Gasteiger partial charge on any atom is 0.252 e. The van der Waals surface area contributed by atoms with E-state index < -0.39 is 5.91 Å². The zero-order chi connectivity index (χ0) is 15.5. The van der Waals surface area contributed by atoms with Gasteiger partial charge in [-0.2, -0.15) is 0 Å². The summed E-state index contributed by atoms with van der Waals surface area (Å²) in [6, 6.07) is 1.58. The van der Waals surface area contributed by atoms with E-state index in [1.807, 2.05) is 0 Å². The molecule has 1 heterocycles. The topological polar surface area (TPSA) is 94.0 Å². The number of rotatable bonds is 6. The Morgan fingerprint density at radius 2 is 2.10 bits per heavy atom. The molecule has 0 radical (unpaired) electrons. The number of carbonyl (C=O) groups excluding carboxylic acids is 1. The van der Waals surface area contributed by atoms with Crippen LogP contribution in [0, 0.1) is 11.3 Å². The van der Waals surface area contributed by atoms with Gasteiger partial charge in [0, 0.05) is 6.54 Å². The number of hydrogen-bond acceptors (Lipinski definition) is 4. The first-order valence-electron chi connectivity index (χ1n) is 7.71. The van der Waals surface area contributed by atoms with Crippen LogP contribution in [-0.4, -0.2) is 17.4 Å². The minimum Gasteiger partial charge on any atom is -0.397 e. The summed E-state index contributed by atoms with van der Waals surface area (Å²) in [6.07, 6.45) is 7.79. The molecular weight excluding hydrogens is 264 g/mol. The summed E-state index contributed by atoms with van der Waals surface area (Å²) in [7, 11) is 0. The van der Waals surface area contributed by atoms with Gasteiger partial charge >= 0.3 is 0 Å².